The van der Waals surface area contributed by atoms with Crippen molar-refractivity contribution in [1.82, 2.24) is 29.9 Å². The lowest BCUT2D eigenvalue weighted by Crippen LogP contribution is -2.16. The Morgan fingerprint density at radius 2 is 0.868 bits per heavy atom. The molecule has 0 amide bonds. The topological polar surface area (TPSA) is 173 Å². The number of hydrogen-bond acceptors (Lipinski definition) is 7. The molecule has 0 saturated heterocycles. The summed E-state index contributed by atoms with van der Waals surface area (Å²) in [5.74, 6) is 2.47. The monoisotopic (exact) mass is 1250 g/mol. The van der Waals surface area contributed by atoms with E-state index in [1.54, 1.807) is 50.3 Å². The van der Waals surface area contributed by atoms with Gasteiger partial charge in [-0.3, -0.25) is 4.72 Å². The zero-order valence-corrected chi connectivity index (χ0v) is 50.8. The van der Waals surface area contributed by atoms with Crippen LogP contribution in [0.2, 0.25) is 0 Å². The third-order valence-corrected chi connectivity index (χ3v) is 16.1. The second kappa shape index (κ2) is 25.2. The first-order valence-electron chi connectivity index (χ1n) is 29.2. The van der Waals surface area contributed by atoms with Crippen LogP contribution < -0.4 is 4.72 Å². The van der Waals surface area contributed by atoms with Gasteiger partial charge in [-0.25, -0.2) is 23.4 Å². The van der Waals surface area contributed by atoms with Gasteiger partial charge in [0.1, 0.15) is 17.5 Å². The number of rotatable bonds is 13. The number of nitrogens with one attached hydrogen (secondary N) is 4. The minimum Gasteiger partial charge on any atom is -0.386 e. The van der Waals surface area contributed by atoms with Crippen LogP contribution in [0.25, 0.3) is 90.8 Å². The van der Waals surface area contributed by atoms with E-state index in [0.717, 1.165) is 137 Å². The molecule has 13 rings (SSSR count). The van der Waals surface area contributed by atoms with Crippen LogP contribution >= 0.6 is 0 Å². The van der Waals surface area contributed by atoms with Crippen molar-refractivity contribution < 1.29 is 45.0 Å². The van der Waals surface area contributed by atoms with Gasteiger partial charge in [0, 0.05) is 11.5 Å². The third kappa shape index (κ3) is 15.2. The average molecular weight is 1250 g/mol. The molecule has 0 bridgehead atoms. The molecule has 0 radical (unpaired) electrons. The van der Waals surface area contributed by atoms with Gasteiger partial charge in [0.15, 0.2) is 0 Å². The van der Waals surface area contributed by atoms with Crippen molar-refractivity contribution in [3.63, 3.8) is 0 Å². The molecule has 3 heterocycles. The highest BCUT2D eigenvalue weighted by atomic mass is 32.2. The van der Waals surface area contributed by atoms with Gasteiger partial charge in [-0.2, -0.15) is 26.3 Å². The molecular formula is C73H63F6N7O4S. The zero-order valence-electron chi connectivity index (χ0n) is 50.0. The molecule has 11 nitrogen and oxygen atoms in total. The summed E-state index contributed by atoms with van der Waals surface area (Å²) < 4.78 is 102. The van der Waals surface area contributed by atoms with Crippen molar-refractivity contribution in [2.75, 3.05) is 11.0 Å². The van der Waals surface area contributed by atoms with Crippen molar-refractivity contribution in [1.29, 1.82) is 0 Å². The fourth-order valence-corrected chi connectivity index (χ4v) is 11.5. The Morgan fingerprint density at radius 1 is 0.462 bits per heavy atom. The fourth-order valence-electron chi connectivity index (χ4n) is 11.0. The summed E-state index contributed by atoms with van der Waals surface area (Å²) in [6.45, 7) is 7.13. The fraction of sp³-hybridized carbons (Fsp3) is 0.164. The second-order valence-corrected chi connectivity index (χ2v) is 25.2. The van der Waals surface area contributed by atoms with Crippen LogP contribution in [-0.4, -0.2) is 54.8 Å². The summed E-state index contributed by atoms with van der Waals surface area (Å²) in [4.78, 5) is 23.8. The van der Waals surface area contributed by atoms with Gasteiger partial charge in [0.05, 0.1) is 67.4 Å². The van der Waals surface area contributed by atoms with E-state index in [1.807, 2.05) is 147 Å². The lowest BCUT2D eigenvalue weighted by Gasteiger charge is -2.21. The molecule has 462 valence electrons. The number of H-pyrrole nitrogens is 3. The summed E-state index contributed by atoms with van der Waals surface area (Å²) in [6.07, 6.45) is 0.712. The summed E-state index contributed by atoms with van der Waals surface area (Å²) in [6, 6.07) is 60.9. The molecule has 1 aliphatic rings. The summed E-state index contributed by atoms with van der Waals surface area (Å²) in [5.41, 5.74) is 12.3. The van der Waals surface area contributed by atoms with Gasteiger partial charge in [-0.05, 0) is 175 Å². The van der Waals surface area contributed by atoms with Gasteiger partial charge in [0.2, 0.25) is 10.0 Å². The zero-order chi connectivity index (χ0) is 64.5. The average Bonchev–Trinajstić information content (AvgIpc) is 1.76. The Bertz CT molecular complexity index is 4750. The van der Waals surface area contributed by atoms with E-state index >= 15 is 0 Å². The molecule has 0 aliphatic heterocycles. The van der Waals surface area contributed by atoms with E-state index < -0.39 is 44.7 Å². The molecule has 2 unspecified atom stereocenters. The number of nitrogens with zero attached hydrogens (tertiary/aromatic N) is 3. The largest absolute Gasteiger partial charge is 0.416 e. The van der Waals surface area contributed by atoms with Gasteiger partial charge in [-0.15, -0.1) is 0 Å². The predicted molar refractivity (Wildman–Crippen MR) is 351 cm³/mol. The van der Waals surface area contributed by atoms with Crippen LogP contribution in [0.15, 0.2) is 206 Å². The molecule has 0 spiro atoms. The lowest BCUT2D eigenvalue weighted by atomic mass is 9.89. The van der Waals surface area contributed by atoms with Crippen molar-refractivity contribution in [2.45, 2.75) is 69.5 Å². The molecule has 1 fully saturated rings. The Hall–Kier alpha value is -9.88. The van der Waals surface area contributed by atoms with Crippen LogP contribution in [0.5, 0.6) is 0 Å². The van der Waals surface area contributed by atoms with Gasteiger partial charge >= 0.3 is 12.4 Å². The van der Waals surface area contributed by atoms with E-state index in [-0.39, 0.29) is 11.8 Å². The van der Waals surface area contributed by atoms with Gasteiger partial charge in [0.25, 0.3) is 0 Å². The number of para-hydroxylation sites is 1. The highest BCUT2D eigenvalue weighted by molar-refractivity contribution is 7.92. The SMILES string of the molecule is CC(C)(O)c1ccccc1-c1ccc2nc(/C=C/c3ccccc3)[nH]c2c1.CC(C)(O)c1ccccc1-c1ccc2nc(/C=C\c3ccc(C(F)(F)F)cc3)[nH]c2c1.CS(=O)(=O)Nc1ccccc1-c1ccc2nc(C3CC3c3ccc(C(F)(F)F)cc3)[nH]c2c1. The van der Waals surface area contributed by atoms with E-state index in [9.17, 15) is 45.0 Å². The quantitative estimate of drug-likeness (QED) is 0.0624. The highest BCUT2D eigenvalue weighted by Crippen LogP contribution is 2.54. The van der Waals surface area contributed by atoms with E-state index in [2.05, 4.69) is 58.9 Å². The molecule has 18 heteroatoms. The number of hydrogen-bond donors (Lipinski definition) is 6. The Labute approximate surface area is 522 Å². The smallest absolute Gasteiger partial charge is 0.386 e. The van der Waals surface area contributed by atoms with Crippen LogP contribution in [0.1, 0.15) is 102 Å². The number of anilines is 1. The molecule has 3 aromatic heterocycles. The second-order valence-electron chi connectivity index (χ2n) is 23.5. The normalized spacial score (nSPS) is 14.6. The van der Waals surface area contributed by atoms with Crippen molar-refractivity contribution in [3.8, 4) is 33.4 Å². The Morgan fingerprint density at radius 3 is 1.34 bits per heavy atom. The van der Waals surface area contributed by atoms with Crippen molar-refractivity contribution in [2.24, 2.45) is 0 Å². The number of aromatic amines is 3. The van der Waals surface area contributed by atoms with Crippen molar-refractivity contribution >= 4 is 73.1 Å². The molecule has 91 heavy (non-hydrogen) atoms. The number of aliphatic hydroxyl groups is 2. The van der Waals surface area contributed by atoms with Gasteiger partial charge in [-0.1, -0.05) is 152 Å². The number of fused-ring (bicyclic) bond motifs is 3. The first kappa shape index (κ1) is 62.7. The molecule has 2 atom stereocenters. The molecule has 1 aliphatic carbocycles. The Kier molecular flexibility index (Phi) is 17.4. The molecule has 6 N–H and O–H groups in total. The first-order chi connectivity index (χ1) is 43.2. The molecular weight excluding hydrogens is 1180 g/mol. The van der Waals surface area contributed by atoms with Crippen LogP contribution in [0.4, 0.5) is 32.0 Å². The summed E-state index contributed by atoms with van der Waals surface area (Å²) in [7, 11) is -3.43. The maximum absolute atomic E-state index is 12.8. The molecule has 9 aromatic carbocycles. The van der Waals surface area contributed by atoms with Crippen LogP contribution in [-0.2, 0) is 33.6 Å². The highest BCUT2D eigenvalue weighted by Gasteiger charge is 2.42. The van der Waals surface area contributed by atoms with Crippen molar-refractivity contribution in [3.05, 3.63) is 263 Å². The standard InChI is InChI=1S/C25H21F3N2O.C24H20F3N3O2S.C24H22N2O/c1-24(2,31)20-6-4-3-5-19(20)17-10-13-21-22(15-17)30-23(29-21)14-9-16-7-11-18(12-8-16)25(26,27)28;1-33(31,32)30-20-5-3-2-4-17(20)15-8-11-21-22(12-15)29-23(28-21)19-13-18(19)14-6-9-16(10-7-14)24(25,26)27;1-24(2,27)20-11-7-6-10-19(20)18-13-14-21-22(16-18)26-23(25-21)15-12-17-8-4-3-5-9-17/h3-15,31H,1-2H3,(H,29,30);2-12,18-19,30H,13H2,1H3,(H,28,29);3-16,27H,1-2H3,(H,25,26)/b14-9-;;15-12+. The number of sulfonamides is 1. The lowest BCUT2D eigenvalue weighted by molar-refractivity contribution is -0.138. The molecule has 1 saturated carbocycles. The number of halogens is 6. The summed E-state index contributed by atoms with van der Waals surface area (Å²) in [5, 5.41) is 21.0. The Balaban J connectivity index is 0.000000141. The predicted octanol–water partition coefficient (Wildman–Crippen LogP) is 18.2. The maximum Gasteiger partial charge on any atom is 0.416 e. The summed E-state index contributed by atoms with van der Waals surface area (Å²) >= 11 is 0. The minimum atomic E-state index is -4.34. The van der Waals surface area contributed by atoms with Crippen LogP contribution in [0.3, 0.4) is 0 Å². The third-order valence-electron chi connectivity index (χ3n) is 15.5. The number of benzene rings is 9. The number of aromatic nitrogens is 6. The number of alkyl halides is 6. The number of imidazole rings is 3. The first-order valence-corrected chi connectivity index (χ1v) is 31.1. The maximum atomic E-state index is 12.8. The minimum absolute atomic E-state index is 0.122. The van der Waals surface area contributed by atoms with E-state index in [0.29, 0.717) is 17.1 Å². The van der Waals surface area contributed by atoms with Gasteiger partial charge < -0.3 is 25.2 Å². The van der Waals surface area contributed by atoms with Crippen LogP contribution in [0, 0.1) is 0 Å². The van der Waals surface area contributed by atoms with E-state index in [4.69, 9.17) is 0 Å². The van der Waals surface area contributed by atoms with E-state index in [1.165, 1.54) is 12.1 Å². The molecule has 12 aromatic rings.